The van der Waals surface area contributed by atoms with Crippen LogP contribution in [-0.4, -0.2) is 28.9 Å². The highest BCUT2D eigenvalue weighted by Crippen LogP contribution is 2.36. The molecule has 2 amide bonds. The number of hydrogen-bond donors (Lipinski definition) is 3. The lowest BCUT2D eigenvalue weighted by Gasteiger charge is -2.16. The number of halogens is 6. The molecule has 26 heavy (non-hydrogen) atoms. The van der Waals surface area contributed by atoms with Crippen molar-refractivity contribution in [1.82, 2.24) is 5.32 Å². The third-order valence-electron chi connectivity index (χ3n) is 3.07. The van der Waals surface area contributed by atoms with Crippen LogP contribution in [-0.2, 0) is 33.2 Å². The van der Waals surface area contributed by atoms with Gasteiger partial charge in [-0.15, -0.1) is 0 Å². The van der Waals surface area contributed by atoms with Crippen molar-refractivity contribution >= 4 is 17.8 Å². The Hall–Kier alpha value is -2.79. The minimum absolute atomic E-state index is 0.0992. The minimum Gasteiger partial charge on any atom is -0.481 e. The van der Waals surface area contributed by atoms with Gasteiger partial charge in [0, 0.05) is 0 Å². The molecular formula is C14H12F6N2O4. The van der Waals surface area contributed by atoms with Gasteiger partial charge in [0.2, 0.25) is 11.8 Å². The molecule has 0 spiro atoms. The third-order valence-corrected chi connectivity index (χ3v) is 3.07. The van der Waals surface area contributed by atoms with Crippen molar-refractivity contribution in [3.63, 3.8) is 0 Å². The molecule has 4 N–H and O–H groups in total. The number of carboxylic acids is 1. The lowest BCUT2D eigenvalue weighted by Crippen LogP contribution is -2.46. The topological polar surface area (TPSA) is 109 Å². The number of carbonyl (C=O) groups excluding carboxylic acids is 2. The Morgan fingerprint density at radius 1 is 1.00 bits per heavy atom. The van der Waals surface area contributed by atoms with Crippen molar-refractivity contribution in [3.05, 3.63) is 34.9 Å². The first-order valence-corrected chi connectivity index (χ1v) is 6.79. The normalized spacial score (nSPS) is 13.2. The predicted molar refractivity (Wildman–Crippen MR) is 73.5 cm³/mol. The monoisotopic (exact) mass is 386 g/mol. The van der Waals surface area contributed by atoms with E-state index in [0.717, 1.165) is 0 Å². The van der Waals surface area contributed by atoms with Crippen LogP contribution in [0.1, 0.15) is 23.1 Å². The Balaban J connectivity index is 3.09. The molecule has 0 radical (unpaired) electrons. The maximum atomic E-state index is 12.7. The van der Waals surface area contributed by atoms with Crippen LogP contribution in [0.5, 0.6) is 0 Å². The average Bonchev–Trinajstić information content (AvgIpc) is 2.43. The standard InChI is InChI=1S/C14H12F6N2O4/c15-13(16,17)7-1-6(2-8(4-7)14(18,19)20)3-10(23)22-9(12(21)26)5-11(24)25/h1-2,4,9H,3,5H2,(H2,21,26)(H,22,23)(H,24,25)/t9-/m0/s1. The van der Waals surface area contributed by atoms with E-state index in [-0.39, 0.29) is 6.07 Å². The summed E-state index contributed by atoms with van der Waals surface area (Å²) in [6.07, 6.45) is -12.0. The average molecular weight is 386 g/mol. The number of hydrogen-bond acceptors (Lipinski definition) is 3. The number of primary amides is 1. The van der Waals surface area contributed by atoms with Crippen molar-refractivity contribution < 1.29 is 45.8 Å². The Kier molecular flexibility index (Phi) is 6.23. The second-order valence-corrected chi connectivity index (χ2v) is 5.21. The molecule has 1 aromatic rings. The maximum absolute atomic E-state index is 12.7. The van der Waals surface area contributed by atoms with Crippen LogP contribution in [0.2, 0.25) is 0 Å². The second kappa shape index (κ2) is 7.62. The molecule has 0 aliphatic heterocycles. The zero-order chi connectivity index (χ0) is 20.3. The van der Waals surface area contributed by atoms with Gasteiger partial charge in [0.05, 0.1) is 24.0 Å². The fourth-order valence-electron chi connectivity index (χ4n) is 1.95. The highest BCUT2D eigenvalue weighted by molar-refractivity contribution is 5.90. The first-order valence-electron chi connectivity index (χ1n) is 6.79. The molecule has 0 aromatic heterocycles. The molecular weight excluding hydrogens is 374 g/mol. The summed E-state index contributed by atoms with van der Waals surface area (Å²) >= 11 is 0. The van der Waals surface area contributed by atoms with Crippen molar-refractivity contribution in [3.8, 4) is 0 Å². The highest BCUT2D eigenvalue weighted by atomic mass is 19.4. The quantitative estimate of drug-likeness (QED) is 0.647. The molecule has 0 aliphatic rings. The molecule has 0 bridgehead atoms. The summed E-state index contributed by atoms with van der Waals surface area (Å²) in [7, 11) is 0. The number of alkyl halides is 6. The first kappa shape index (κ1) is 21.3. The van der Waals surface area contributed by atoms with Gasteiger partial charge in [-0.3, -0.25) is 14.4 Å². The van der Waals surface area contributed by atoms with E-state index in [4.69, 9.17) is 10.8 Å². The Bertz CT molecular complexity index is 682. The largest absolute Gasteiger partial charge is 0.481 e. The van der Waals surface area contributed by atoms with Gasteiger partial charge < -0.3 is 16.2 Å². The number of carboxylic acid groups (broad SMARTS) is 1. The van der Waals surface area contributed by atoms with Gasteiger partial charge in [0.15, 0.2) is 0 Å². The number of benzene rings is 1. The minimum atomic E-state index is -5.08. The summed E-state index contributed by atoms with van der Waals surface area (Å²) in [5.74, 6) is -3.88. The van der Waals surface area contributed by atoms with Gasteiger partial charge in [-0.2, -0.15) is 26.3 Å². The Morgan fingerprint density at radius 2 is 1.46 bits per heavy atom. The summed E-state index contributed by atoms with van der Waals surface area (Å²) in [6, 6.07) is -1.05. The van der Waals surface area contributed by atoms with Crippen LogP contribution in [0.15, 0.2) is 18.2 Å². The Morgan fingerprint density at radius 3 is 1.81 bits per heavy atom. The summed E-state index contributed by atoms with van der Waals surface area (Å²) in [5.41, 5.74) is 1.04. The van der Waals surface area contributed by atoms with Gasteiger partial charge in [-0.05, 0) is 23.8 Å². The smallest absolute Gasteiger partial charge is 0.416 e. The zero-order valence-corrected chi connectivity index (χ0v) is 12.7. The summed E-state index contributed by atoms with van der Waals surface area (Å²) < 4.78 is 76.4. The van der Waals surface area contributed by atoms with Crippen LogP contribution in [0, 0.1) is 0 Å². The van der Waals surface area contributed by atoms with Gasteiger partial charge in [0.1, 0.15) is 6.04 Å². The fourth-order valence-corrected chi connectivity index (χ4v) is 1.95. The first-order chi connectivity index (χ1) is 11.7. The molecule has 12 heteroatoms. The van der Waals surface area contributed by atoms with E-state index in [1.165, 1.54) is 0 Å². The molecule has 1 aromatic carbocycles. The molecule has 0 saturated carbocycles. The van der Waals surface area contributed by atoms with Crippen LogP contribution in [0.3, 0.4) is 0 Å². The van der Waals surface area contributed by atoms with Gasteiger partial charge >= 0.3 is 18.3 Å². The number of carbonyl (C=O) groups is 3. The van der Waals surface area contributed by atoms with Crippen LogP contribution in [0.4, 0.5) is 26.3 Å². The summed E-state index contributed by atoms with van der Waals surface area (Å²) in [5, 5.41) is 10.4. The molecule has 0 saturated heterocycles. The van der Waals surface area contributed by atoms with Gasteiger partial charge in [-0.1, -0.05) is 0 Å². The van der Waals surface area contributed by atoms with Gasteiger partial charge in [-0.25, -0.2) is 0 Å². The van der Waals surface area contributed by atoms with E-state index >= 15 is 0 Å². The van der Waals surface area contributed by atoms with Crippen molar-refractivity contribution in [2.45, 2.75) is 31.2 Å². The maximum Gasteiger partial charge on any atom is 0.416 e. The fraction of sp³-hybridized carbons (Fsp3) is 0.357. The van der Waals surface area contributed by atoms with Crippen molar-refractivity contribution in [2.24, 2.45) is 5.73 Å². The predicted octanol–water partition coefficient (Wildman–Crippen LogP) is 1.71. The molecule has 1 atom stereocenters. The van der Waals surface area contributed by atoms with E-state index in [1.54, 1.807) is 0 Å². The van der Waals surface area contributed by atoms with Crippen LogP contribution in [0.25, 0.3) is 0 Å². The van der Waals surface area contributed by atoms with Crippen molar-refractivity contribution in [1.29, 1.82) is 0 Å². The Labute approximate surface area is 142 Å². The molecule has 0 aliphatic carbocycles. The molecule has 0 heterocycles. The van der Waals surface area contributed by atoms with E-state index in [9.17, 15) is 40.7 Å². The van der Waals surface area contributed by atoms with E-state index < -0.39 is 65.7 Å². The summed E-state index contributed by atoms with van der Waals surface area (Å²) in [4.78, 5) is 33.4. The SMILES string of the molecule is NC(=O)[C@H](CC(=O)O)NC(=O)Cc1cc(C(F)(F)F)cc(C(F)(F)F)c1. The number of nitrogens with two attached hydrogens (primary N) is 1. The van der Waals surface area contributed by atoms with E-state index in [2.05, 4.69) is 0 Å². The number of rotatable bonds is 6. The van der Waals surface area contributed by atoms with Crippen molar-refractivity contribution in [2.75, 3.05) is 0 Å². The van der Waals surface area contributed by atoms with Gasteiger partial charge in [0.25, 0.3) is 0 Å². The molecule has 0 unspecified atom stereocenters. The zero-order valence-electron chi connectivity index (χ0n) is 12.7. The van der Waals surface area contributed by atoms with Crippen LogP contribution >= 0.6 is 0 Å². The summed E-state index contributed by atoms with van der Waals surface area (Å²) in [6.45, 7) is 0. The number of nitrogens with one attached hydrogen (secondary N) is 1. The highest BCUT2D eigenvalue weighted by Gasteiger charge is 2.37. The number of aliphatic carboxylic acids is 1. The lowest BCUT2D eigenvalue weighted by atomic mass is 10.0. The molecule has 144 valence electrons. The molecule has 1 rings (SSSR count). The number of amides is 2. The molecule has 6 nitrogen and oxygen atoms in total. The van der Waals surface area contributed by atoms with Crippen LogP contribution < -0.4 is 11.1 Å². The molecule has 0 fully saturated rings. The lowest BCUT2D eigenvalue weighted by molar-refractivity contribution is -0.143. The van der Waals surface area contributed by atoms with E-state index in [1.807, 2.05) is 5.32 Å². The second-order valence-electron chi connectivity index (χ2n) is 5.21. The van der Waals surface area contributed by atoms with E-state index in [0.29, 0.717) is 12.1 Å². The third kappa shape index (κ3) is 6.26.